The minimum absolute atomic E-state index is 0.0175. The van der Waals surface area contributed by atoms with Gasteiger partial charge in [0, 0.05) is 18.7 Å². The van der Waals surface area contributed by atoms with Crippen molar-refractivity contribution in [2.24, 2.45) is 0 Å². The number of hydrogen-bond donors (Lipinski definition) is 0. The number of hydrogen-bond acceptors (Lipinski definition) is 4. The molecule has 0 spiro atoms. The first-order chi connectivity index (χ1) is 11.7. The van der Waals surface area contributed by atoms with Gasteiger partial charge in [0.1, 0.15) is 5.75 Å². The Morgan fingerprint density at radius 3 is 2.79 bits per heavy atom. The van der Waals surface area contributed by atoms with E-state index in [-0.39, 0.29) is 5.91 Å². The van der Waals surface area contributed by atoms with Crippen molar-refractivity contribution in [1.82, 2.24) is 19.9 Å². The van der Waals surface area contributed by atoms with Crippen molar-refractivity contribution in [3.63, 3.8) is 0 Å². The first kappa shape index (κ1) is 16.5. The molecule has 1 aliphatic rings. The summed E-state index contributed by atoms with van der Waals surface area (Å²) in [6.45, 7) is 4.61. The lowest BCUT2D eigenvalue weighted by Gasteiger charge is -2.27. The van der Waals surface area contributed by atoms with Crippen LogP contribution in [0.4, 0.5) is 0 Å². The van der Waals surface area contributed by atoms with Crippen molar-refractivity contribution < 1.29 is 9.53 Å². The molecule has 6 heteroatoms. The molecule has 0 radical (unpaired) electrons. The lowest BCUT2D eigenvalue weighted by molar-refractivity contribution is 0.0686. The van der Waals surface area contributed by atoms with E-state index in [1.54, 1.807) is 11.8 Å². The largest absolute Gasteiger partial charge is 0.497 e. The Morgan fingerprint density at radius 2 is 2.12 bits per heavy atom. The Bertz CT molecular complexity index is 720. The van der Waals surface area contributed by atoms with Gasteiger partial charge in [-0.2, -0.15) is 0 Å². The van der Waals surface area contributed by atoms with Gasteiger partial charge in [-0.25, -0.2) is 4.68 Å². The average molecular weight is 328 g/mol. The summed E-state index contributed by atoms with van der Waals surface area (Å²) in [5.74, 6) is 0.729. The second-order valence-electron chi connectivity index (χ2n) is 6.17. The monoisotopic (exact) mass is 328 g/mol. The molecule has 0 unspecified atom stereocenters. The molecule has 1 fully saturated rings. The smallest absolute Gasteiger partial charge is 0.276 e. The molecule has 0 atom stereocenters. The highest BCUT2D eigenvalue weighted by Gasteiger charge is 2.29. The minimum atomic E-state index is -0.0175. The maximum Gasteiger partial charge on any atom is 0.276 e. The molecule has 1 aromatic carbocycles. The van der Waals surface area contributed by atoms with Gasteiger partial charge in [-0.15, -0.1) is 5.10 Å². The van der Waals surface area contributed by atoms with Crippen LogP contribution in [-0.4, -0.2) is 45.5 Å². The van der Waals surface area contributed by atoms with Gasteiger partial charge in [-0.3, -0.25) is 4.79 Å². The zero-order valence-electron chi connectivity index (χ0n) is 14.5. The van der Waals surface area contributed by atoms with Crippen molar-refractivity contribution in [1.29, 1.82) is 0 Å². The summed E-state index contributed by atoms with van der Waals surface area (Å²) < 4.78 is 6.95. The van der Waals surface area contributed by atoms with E-state index in [4.69, 9.17) is 4.74 Å². The van der Waals surface area contributed by atoms with Gasteiger partial charge in [0.2, 0.25) is 0 Å². The van der Waals surface area contributed by atoms with E-state index < -0.39 is 0 Å². The van der Waals surface area contributed by atoms with Gasteiger partial charge < -0.3 is 9.64 Å². The highest BCUT2D eigenvalue weighted by atomic mass is 16.5. The van der Waals surface area contributed by atoms with E-state index >= 15 is 0 Å². The molecule has 1 aliphatic carbocycles. The third kappa shape index (κ3) is 3.00. The predicted molar refractivity (Wildman–Crippen MR) is 91.6 cm³/mol. The van der Waals surface area contributed by atoms with Crippen LogP contribution in [0.15, 0.2) is 24.3 Å². The van der Waals surface area contributed by atoms with Crippen LogP contribution in [0, 0.1) is 6.92 Å². The number of nitrogens with zero attached hydrogens (tertiary/aromatic N) is 4. The molecule has 6 nitrogen and oxygen atoms in total. The predicted octanol–water partition coefficient (Wildman–Crippen LogP) is 2.99. The van der Waals surface area contributed by atoms with Gasteiger partial charge in [-0.05, 0) is 38.8 Å². The van der Waals surface area contributed by atoms with E-state index in [2.05, 4.69) is 10.3 Å². The van der Waals surface area contributed by atoms with Gasteiger partial charge >= 0.3 is 0 Å². The maximum atomic E-state index is 12.9. The lowest BCUT2D eigenvalue weighted by atomic mass is 10.2. The number of ether oxygens (including phenoxy) is 1. The fraction of sp³-hybridized carbons (Fsp3) is 0.500. The van der Waals surface area contributed by atoms with Crippen LogP contribution in [0.25, 0.3) is 5.69 Å². The summed E-state index contributed by atoms with van der Waals surface area (Å²) >= 11 is 0. The quantitative estimate of drug-likeness (QED) is 0.846. The third-order valence-electron chi connectivity index (χ3n) is 4.76. The minimum Gasteiger partial charge on any atom is -0.497 e. The summed E-state index contributed by atoms with van der Waals surface area (Å²) in [6.07, 6.45) is 4.57. The molecule has 3 rings (SSSR count). The molecule has 0 N–H and O–H groups in total. The van der Waals surface area contributed by atoms with Crippen LogP contribution in [0.1, 0.15) is 48.8 Å². The molecule has 1 aromatic heterocycles. The van der Waals surface area contributed by atoms with Crippen molar-refractivity contribution in [2.75, 3.05) is 13.7 Å². The van der Waals surface area contributed by atoms with E-state index in [0.29, 0.717) is 18.3 Å². The maximum absolute atomic E-state index is 12.9. The van der Waals surface area contributed by atoms with Crippen LogP contribution in [0.5, 0.6) is 5.75 Å². The van der Waals surface area contributed by atoms with Crippen LogP contribution in [0.2, 0.25) is 0 Å². The topological polar surface area (TPSA) is 60.2 Å². The summed E-state index contributed by atoms with van der Waals surface area (Å²) in [5, 5.41) is 8.36. The SMILES string of the molecule is CCN(C(=O)c1nnn(-c2cccc(OC)c2)c1C)C1CCCC1. The Balaban J connectivity index is 1.89. The third-order valence-corrected chi connectivity index (χ3v) is 4.76. The number of benzene rings is 1. The van der Waals surface area contributed by atoms with Crippen LogP contribution in [0.3, 0.4) is 0 Å². The van der Waals surface area contributed by atoms with E-state index in [1.807, 2.05) is 43.0 Å². The van der Waals surface area contributed by atoms with Gasteiger partial charge in [0.25, 0.3) is 5.91 Å². The average Bonchev–Trinajstić information content (AvgIpc) is 3.25. The summed E-state index contributed by atoms with van der Waals surface area (Å²) in [6, 6.07) is 7.91. The van der Waals surface area contributed by atoms with Gasteiger partial charge in [0.05, 0.1) is 18.5 Å². The number of rotatable bonds is 5. The Hall–Kier alpha value is -2.37. The Kier molecular flexibility index (Phi) is 4.83. The second kappa shape index (κ2) is 7.03. The summed E-state index contributed by atoms with van der Waals surface area (Å²) in [7, 11) is 1.63. The fourth-order valence-electron chi connectivity index (χ4n) is 3.43. The Morgan fingerprint density at radius 1 is 1.38 bits per heavy atom. The molecule has 0 saturated heterocycles. The lowest BCUT2D eigenvalue weighted by Crippen LogP contribution is -2.39. The van der Waals surface area contributed by atoms with Crippen LogP contribution in [-0.2, 0) is 0 Å². The van der Waals surface area contributed by atoms with Gasteiger partial charge in [-0.1, -0.05) is 24.1 Å². The molecule has 128 valence electrons. The first-order valence-electron chi connectivity index (χ1n) is 8.53. The molecule has 1 heterocycles. The van der Waals surface area contributed by atoms with E-state index in [1.165, 1.54) is 12.8 Å². The first-order valence-corrected chi connectivity index (χ1v) is 8.53. The molecule has 24 heavy (non-hydrogen) atoms. The number of amides is 1. The van der Waals surface area contributed by atoms with Crippen molar-refractivity contribution in [3.05, 3.63) is 35.7 Å². The molecular formula is C18H24N4O2. The number of carbonyl (C=O) groups is 1. The summed E-state index contributed by atoms with van der Waals surface area (Å²) in [4.78, 5) is 14.9. The standard InChI is InChI=1S/C18H24N4O2/c1-4-21(14-8-5-6-9-14)18(23)17-13(2)22(20-19-17)15-10-7-11-16(12-15)24-3/h7,10-12,14H,4-6,8-9H2,1-3H3. The highest BCUT2D eigenvalue weighted by molar-refractivity contribution is 5.93. The van der Waals surface area contributed by atoms with E-state index in [0.717, 1.165) is 30.0 Å². The zero-order chi connectivity index (χ0) is 17.1. The van der Waals surface area contributed by atoms with Gasteiger partial charge in [0.15, 0.2) is 5.69 Å². The van der Waals surface area contributed by atoms with Crippen molar-refractivity contribution >= 4 is 5.91 Å². The summed E-state index contributed by atoms with van der Waals surface area (Å²) in [5.41, 5.74) is 2.03. The second-order valence-corrected chi connectivity index (χ2v) is 6.17. The molecule has 0 bridgehead atoms. The molecule has 1 saturated carbocycles. The molecule has 2 aromatic rings. The van der Waals surface area contributed by atoms with Crippen molar-refractivity contribution in [3.8, 4) is 11.4 Å². The number of aromatic nitrogens is 3. The fourth-order valence-corrected chi connectivity index (χ4v) is 3.43. The van der Waals surface area contributed by atoms with E-state index in [9.17, 15) is 4.79 Å². The van der Waals surface area contributed by atoms with Crippen LogP contribution < -0.4 is 4.74 Å². The van der Waals surface area contributed by atoms with Crippen LogP contribution >= 0.6 is 0 Å². The Labute approximate surface area is 142 Å². The number of carbonyl (C=O) groups excluding carboxylic acids is 1. The molecule has 0 aliphatic heterocycles. The highest BCUT2D eigenvalue weighted by Crippen LogP contribution is 2.25. The zero-order valence-corrected chi connectivity index (χ0v) is 14.5. The molecular weight excluding hydrogens is 304 g/mol. The molecule has 1 amide bonds. The number of methoxy groups -OCH3 is 1. The normalized spacial score (nSPS) is 14.8. The van der Waals surface area contributed by atoms with Crippen molar-refractivity contribution in [2.45, 2.75) is 45.6 Å².